The molecule has 0 radical (unpaired) electrons. The lowest BCUT2D eigenvalue weighted by atomic mass is 10.1. The second-order valence-electron chi connectivity index (χ2n) is 3.77. The maximum absolute atomic E-state index is 10.5. The Balaban J connectivity index is 2.69. The summed E-state index contributed by atoms with van der Waals surface area (Å²) in [5, 5.41) is 2.47. The predicted molar refractivity (Wildman–Crippen MR) is 65.3 cm³/mol. The molecule has 2 rings (SSSR count). The van der Waals surface area contributed by atoms with Crippen LogP contribution >= 0.6 is 0 Å². The molecule has 0 fully saturated rings. The van der Waals surface area contributed by atoms with Crippen molar-refractivity contribution < 1.29 is 9.53 Å². The number of rotatable bonds is 3. The van der Waals surface area contributed by atoms with Crippen molar-refractivity contribution in [2.24, 2.45) is 0 Å². The Kier molecular flexibility index (Phi) is 2.91. The summed E-state index contributed by atoms with van der Waals surface area (Å²) >= 11 is 0. The summed E-state index contributed by atoms with van der Waals surface area (Å²) in [6.45, 7) is 4.02. The fourth-order valence-electron chi connectivity index (χ4n) is 1.59. The van der Waals surface area contributed by atoms with Crippen molar-refractivity contribution in [3.05, 3.63) is 23.3 Å². The van der Waals surface area contributed by atoms with Crippen molar-refractivity contribution in [1.29, 1.82) is 0 Å². The van der Waals surface area contributed by atoms with E-state index < -0.39 is 0 Å². The zero-order chi connectivity index (χ0) is 12.4. The molecular formula is C12H13N3O2. The second-order valence-corrected chi connectivity index (χ2v) is 3.77. The number of fused-ring (bicyclic) bond motifs is 1. The number of hydrogen-bond donors (Lipinski definition) is 1. The van der Waals surface area contributed by atoms with Crippen molar-refractivity contribution in [2.75, 3.05) is 12.4 Å². The highest BCUT2D eigenvalue weighted by molar-refractivity contribution is 5.82. The minimum absolute atomic E-state index is 0.313. The molecular weight excluding hydrogens is 218 g/mol. The average Bonchev–Trinajstić information content (AvgIpc) is 2.31. The molecule has 88 valence electrons. The van der Waals surface area contributed by atoms with Crippen LogP contribution in [-0.2, 0) is 4.79 Å². The minimum Gasteiger partial charge on any atom is -0.478 e. The first kappa shape index (κ1) is 11.3. The van der Waals surface area contributed by atoms with E-state index in [1.54, 1.807) is 0 Å². The van der Waals surface area contributed by atoms with Gasteiger partial charge in [-0.15, -0.1) is 0 Å². The van der Waals surface area contributed by atoms with Crippen LogP contribution in [-0.4, -0.2) is 23.5 Å². The number of hydrogen-bond acceptors (Lipinski definition) is 4. The van der Waals surface area contributed by atoms with E-state index in [1.807, 2.05) is 26.0 Å². The molecule has 1 aromatic heterocycles. The van der Waals surface area contributed by atoms with E-state index in [0.717, 1.165) is 22.2 Å². The van der Waals surface area contributed by atoms with Gasteiger partial charge in [-0.3, -0.25) is 4.79 Å². The number of methoxy groups -OCH3 is 1. The van der Waals surface area contributed by atoms with Crippen molar-refractivity contribution in [3.8, 4) is 5.88 Å². The van der Waals surface area contributed by atoms with Crippen molar-refractivity contribution in [3.63, 3.8) is 0 Å². The Morgan fingerprint density at radius 3 is 2.29 bits per heavy atom. The molecule has 1 heterocycles. The third-order valence-electron chi connectivity index (χ3n) is 2.64. The molecule has 0 aliphatic carbocycles. The number of carbonyl (C=O) groups excluding carboxylic acids is 1. The first-order chi connectivity index (χ1) is 8.15. The summed E-state index contributed by atoms with van der Waals surface area (Å²) in [6.07, 6.45) is 0.555. The lowest BCUT2D eigenvalue weighted by molar-refractivity contribution is -0.105. The maximum atomic E-state index is 10.5. The van der Waals surface area contributed by atoms with Crippen LogP contribution in [0.1, 0.15) is 11.1 Å². The van der Waals surface area contributed by atoms with Gasteiger partial charge in [-0.1, -0.05) is 0 Å². The number of carbonyl (C=O) groups is 1. The Bertz CT molecular complexity index is 581. The largest absolute Gasteiger partial charge is 0.478 e. The molecule has 5 heteroatoms. The predicted octanol–water partition coefficient (Wildman–Crippen LogP) is 1.82. The van der Waals surface area contributed by atoms with Crippen molar-refractivity contribution in [2.45, 2.75) is 13.8 Å². The standard InChI is InChI=1S/C12H13N3O2/c1-7-4-9-10(5-8(7)2)15-12(17-3)11(14-9)13-6-16/h4-6H,1-3H3,(H,13,14,16). The van der Waals surface area contributed by atoms with E-state index in [0.29, 0.717) is 18.1 Å². The monoisotopic (exact) mass is 231 g/mol. The van der Waals surface area contributed by atoms with Crippen molar-refractivity contribution >= 4 is 23.3 Å². The summed E-state index contributed by atoms with van der Waals surface area (Å²) in [7, 11) is 1.49. The molecule has 0 saturated carbocycles. The summed E-state index contributed by atoms with van der Waals surface area (Å²) in [4.78, 5) is 19.1. The fourth-order valence-corrected chi connectivity index (χ4v) is 1.59. The van der Waals surface area contributed by atoms with Crippen LogP contribution < -0.4 is 10.1 Å². The third-order valence-corrected chi connectivity index (χ3v) is 2.64. The van der Waals surface area contributed by atoms with Gasteiger partial charge in [0.05, 0.1) is 18.1 Å². The molecule has 1 N–H and O–H groups in total. The molecule has 1 aromatic carbocycles. The van der Waals surface area contributed by atoms with E-state index in [9.17, 15) is 4.79 Å². The summed E-state index contributed by atoms with van der Waals surface area (Å²) in [5.74, 6) is 0.645. The van der Waals surface area contributed by atoms with Crippen molar-refractivity contribution in [1.82, 2.24) is 9.97 Å². The molecule has 0 aliphatic heterocycles. The Hall–Kier alpha value is -2.17. The first-order valence-corrected chi connectivity index (χ1v) is 5.19. The van der Waals surface area contributed by atoms with Gasteiger partial charge in [-0.05, 0) is 37.1 Å². The van der Waals surface area contributed by atoms with Gasteiger partial charge >= 0.3 is 0 Å². The van der Waals surface area contributed by atoms with Crippen LogP contribution in [0.15, 0.2) is 12.1 Å². The smallest absolute Gasteiger partial charge is 0.258 e. The summed E-state index contributed by atoms with van der Waals surface area (Å²) in [5.41, 5.74) is 3.76. The van der Waals surface area contributed by atoms with Gasteiger partial charge in [0.1, 0.15) is 0 Å². The van der Waals surface area contributed by atoms with E-state index in [4.69, 9.17) is 4.74 Å². The Morgan fingerprint density at radius 2 is 1.76 bits per heavy atom. The van der Waals surface area contributed by atoms with Crippen LogP contribution in [0.3, 0.4) is 0 Å². The molecule has 0 atom stereocenters. The van der Waals surface area contributed by atoms with E-state index in [-0.39, 0.29) is 0 Å². The number of aryl methyl sites for hydroxylation is 2. The number of anilines is 1. The molecule has 0 saturated heterocycles. The van der Waals surface area contributed by atoms with Crippen LogP contribution in [0.5, 0.6) is 5.88 Å². The second kappa shape index (κ2) is 4.37. The SMILES string of the molecule is COc1nc2cc(C)c(C)cc2nc1NC=O. The summed E-state index contributed by atoms with van der Waals surface area (Å²) in [6, 6.07) is 3.89. The molecule has 0 unspecified atom stereocenters. The molecule has 2 aromatic rings. The Morgan fingerprint density at radius 1 is 1.18 bits per heavy atom. The maximum Gasteiger partial charge on any atom is 0.258 e. The Labute approximate surface area is 98.8 Å². The number of nitrogens with one attached hydrogen (secondary N) is 1. The highest BCUT2D eigenvalue weighted by atomic mass is 16.5. The van der Waals surface area contributed by atoms with Gasteiger partial charge in [0, 0.05) is 0 Å². The van der Waals surface area contributed by atoms with E-state index >= 15 is 0 Å². The minimum atomic E-state index is 0.313. The zero-order valence-corrected chi connectivity index (χ0v) is 9.94. The molecule has 5 nitrogen and oxygen atoms in total. The molecule has 0 bridgehead atoms. The topological polar surface area (TPSA) is 64.1 Å². The average molecular weight is 231 g/mol. The normalized spacial score (nSPS) is 10.3. The fraction of sp³-hybridized carbons (Fsp3) is 0.250. The highest BCUT2D eigenvalue weighted by Gasteiger charge is 2.09. The lowest BCUT2D eigenvalue weighted by Crippen LogP contribution is -2.03. The number of amides is 1. The summed E-state index contributed by atoms with van der Waals surface area (Å²) < 4.78 is 5.08. The van der Waals surface area contributed by atoms with Gasteiger partial charge < -0.3 is 10.1 Å². The lowest BCUT2D eigenvalue weighted by Gasteiger charge is -2.08. The van der Waals surface area contributed by atoms with Gasteiger partial charge in [-0.2, -0.15) is 0 Å². The van der Waals surface area contributed by atoms with Gasteiger partial charge in [0.25, 0.3) is 5.88 Å². The van der Waals surface area contributed by atoms with Gasteiger partial charge in [0.15, 0.2) is 5.82 Å². The molecule has 0 aliphatic rings. The van der Waals surface area contributed by atoms with E-state index in [2.05, 4.69) is 15.3 Å². The number of nitrogens with zero attached hydrogens (tertiary/aromatic N) is 2. The highest BCUT2D eigenvalue weighted by Crippen LogP contribution is 2.24. The van der Waals surface area contributed by atoms with Gasteiger partial charge in [0.2, 0.25) is 6.41 Å². The van der Waals surface area contributed by atoms with Crippen LogP contribution in [0.4, 0.5) is 5.82 Å². The van der Waals surface area contributed by atoms with Crippen LogP contribution in [0.2, 0.25) is 0 Å². The number of benzene rings is 1. The quantitative estimate of drug-likeness (QED) is 0.818. The number of ether oxygens (including phenoxy) is 1. The van der Waals surface area contributed by atoms with E-state index in [1.165, 1.54) is 7.11 Å². The zero-order valence-electron chi connectivity index (χ0n) is 9.94. The van der Waals surface area contributed by atoms with Crippen LogP contribution in [0, 0.1) is 13.8 Å². The third kappa shape index (κ3) is 2.04. The van der Waals surface area contributed by atoms with Crippen LogP contribution in [0.25, 0.3) is 11.0 Å². The number of aromatic nitrogens is 2. The molecule has 1 amide bonds. The van der Waals surface area contributed by atoms with Gasteiger partial charge in [-0.25, -0.2) is 9.97 Å². The first-order valence-electron chi connectivity index (χ1n) is 5.19. The molecule has 17 heavy (non-hydrogen) atoms. The molecule has 0 spiro atoms.